The van der Waals surface area contributed by atoms with Gasteiger partial charge in [0.15, 0.2) is 6.23 Å². The molecule has 206 valence electrons. The zero-order valence-electron chi connectivity index (χ0n) is 20.4. The van der Waals surface area contributed by atoms with Crippen LogP contribution in [0, 0.1) is 0 Å². The van der Waals surface area contributed by atoms with Crippen LogP contribution in [0.15, 0.2) is 64.6 Å². The smallest absolute Gasteiger partial charge is 0.337 e. The number of rotatable bonds is 9. The Morgan fingerprint density at radius 1 is 1.03 bits per heavy atom. The summed E-state index contributed by atoms with van der Waals surface area (Å²) >= 11 is 0. The van der Waals surface area contributed by atoms with Gasteiger partial charge in [-0.3, -0.25) is 23.9 Å². The number of hydrogen-bond acceptors (Lipinski definition) is 12. The molecule has 4 rings (SSSR count). The van der Waals surface area contributed by atoms with Crippen LogP contribution in [0.5, 0.6) is 0 Å². The van der Waals surface area contributed by atoms with Gasteiger partial charge in [0.05, 0.1) is 24.5 Å². The molecule has 16 heteroatoms. The molecule has 5 N–H and O–H groups in total. The zero-order chi connectivity index (χ0) is 27.8. The highest BCUT2D eigenvalue weighted by atomic mass is 31.2. The summed E-state index contributed by atoms with van der Waals surface area (Å²) in [6, 6.07) is 9.97. The number of hydrogen-bond donors (Lipinski definition) is 5. The minimum absolute atomic E-state index is 0.172. The Hall–Kier alpha value is -2.48. The fourth-order valence-corrected chi connectivity index (χ4v) is 4.57. The molecular formula is C22H28N4O10P2. The molecule has 1 saturated heterocycles. The van der Waals surface area contributed by atoms with Crippen LogP contribution < -0.4 is 11.2 Å². The fraction of sp³-hybridized carbons (Fsp3) is 0.364. The van der Waals surface area contributed by atoms with E-state index in [1.165, 1.54) is 6.20 Å². The highest BCUT2D eigenvalue weighted by Crippen LogP contribution is 2.46. The maximum Gasteiger partial charge on any atom is 0.337 e. The molecular weight excluding hydrogens is 542 g/mol. The lowest BCUT2D eigenvalue weighted by Gasteiger charge is -2.19. The van der Waals surface area contributed by atoms with Crippen molar-refractivity contribution in [3.05, 3.63) is 81.5 Å². The van der Waals surface area contributed by atoms with E-state index in [1.807, 2.05) is 26.0 Å². The van der Waals surface area contributed by atoms with Gasteiger partial charge in [0.2, 0.25) is 0 Å². The van der Waals surface area contributed by atoms with E-state index in [9.17, 15) is 24.7 Å². The average molecular weight is 570 g/mol. The van der Waals surface area contributed by atoms with Crippen molar-refractivity contribution >= 4 is 17.2 Å². The Morgan fingerprint density at radius 3 is 2.47 bits per heavy atom. The highest BCUT2D eigenvalue weighted by Gasteiger charge is 2.44. The van der Waals surface area contributed by atoms with Crippen LogP contribution in [-0.2, 0) is 20.1 Å². The van der Waals surface area contributed by atoms with E-state index >= 15 is 0 Å². The number of aliphatic hydroxyl groups is 2. The van der Waals surface area contributed by atoms with E-state index in [4.69, 9.17) is 19.0 Å². The monoisotopic (exact) mass is 570 g/mol. The van der Waals surface area contributed by atoms with Gasteiger partial charge in [-0.15, -0.1) is 0 Å². The SMILES string of the molecule is CC.O=c1ccn(C2OC(COP(O)OP(O)O)C(O)C2O)c(=O)n1Cc1cc(-c2ccccn2)ccn1. The molecule has 0 amide bonds. The molecule has 14 nitrogen and oxygen atoms in total. The summed E-state index contributed by atoms with van der Waals surface area (Å²) in [7, 11) is -5.53. The molecule has 3 aromatic heterocycles. The molecule has 5 atom stereocenters. The van der Waals surface area contributed by atoms with Gasteiger partial charge >= 0.3 is 22.9 Å². The number of nitrogens with zero attached hydrogens (tertiary/aromatic N) is 4. The molecule has 1 aliphatic heterocycles. The van der Waals surface area contributed by atoms with E-state index in [-0.39, 0.29) is 6.54 Å². The summed E-state index contributed by atoms with van der Waals surface area (Å²) in [5, 5.41) is 20.8. The molecule has 0 aromatic carbocycles. The second-order valence-electron chi connectivity index (χ2n) is 7.60. The molecule has 0 saturated carbocycles. The second kappa shape index (κ2) is 14.1. The predicted molar refractivity (Wildman–Crippen MR) is 136 cm³/mol. The van der Waals surface area contributed by atoms with Crippen LogP contribution in [0.1, 0.15) is 25.8 Å². The van der Waals surface area contributed by atoms with E-state index in [1.54, 1.807) is 24.4 Å². The maximum absolute atomic E-state index is 13.2. The van der Waals surface area contributed by atoms with Gasteiger partial charge in [0.1, 0.15) is 18.3 Å². The zero-order valence-corrected chi connectivity index (χ0v) is 22.2. The number of aliphatic hydroxyl groups excluding tert-OH is 2. The topological polar surface area (TPSA) is 199 Å². The number of pyridine rings is 2. The molecule has 0 bridgehead atoms. The van der Waals surface area contributed by atoms with Gasteiger partial charge < -0.3 is 34.2 Å². The first kappa shape index (κ1) is 30.1. The standard InChI is InChI=1S/C20H22N4O10P2.C2H6/c25-16-5-8-23(19-18(27)17(26)15(33-19)11-32-36(31)34-35(29)30)20(28)24(16)10-13-9-12(4-7-21-13)14-3-1-2-6-22-14;1-2/h1-9,15,17-19,26-27,29-31H,10-11H2;1-2H3. The van der Waals surface area contributed by atoms with Gasteiger partial charge in [-0.1, -0.05) is 19.9 Å². The largest absolute Gasteiger partial charge is 0.387 e. The Balaban J connectivity index is 0.00000195. The summed E-state index contributed by atoms with van der Waals surface area (Å²) < 4.78 is 16.6. The summed E-state index contributed by atoms with van der Waals surface area (Å²) in [4.78, 5) is 61.1. The Morgan fingerprint density at radius 2 is 1.79 bits per heavy atom. The number of aromatic nitrogens is 4. The van der Waals surface area contributed by atoms with Crippen LogP contribution in [0.4, 0.5) is 0 Å². The van der Waals surface area contributed by atoms with Crippen LogP contribution in [0.25, 0.3) is 11.3 Å². The Kier molecular flexibility index (Phi) is 11.1. The molecule has 3 aromatic rings. The van der Waals surface area contributed by atoms with Crippen LogP contribution >= 0.6 is 17.2 Å². The van der Waals surface area contributed by atoms with Crippen molar-refractivity contribution in [2.24, 2.45) is 0 Å². The molecule has 38 heavy (non-hydrogen) atoms. The van der Waals surface area contributed by atoms with Crippen molar-refractivity contribution in [3.63, 3.8) is 0 Å². The minimum Gasteiger partial charge on any atom is -0.387 e. The van der Waals surface area contributed by atoms with Crippen molar-refractivity contribution in [3.8, 4) is 11.3 Å². The Bertz CT molecular complexity index is 1290. The van der Waals surface area contributed by atoms with Gasteiger partial charge in [0, 0.05) is 30.2 Å². The van der Waals surface area contributed by atoms with E-state index < -0.39 is 59.6 Å². The van der Waals surface area contributed by atoms with Gasteiger partial charge in [-0.25, -0.2) is 9.11 Å². The van der Waals surface area contributed by atoms with Gasteiger partial charge in [-0.05, 0) is 24.3 Å². The van der Waals surface area contributed by atoms with Crippen LogP contribution in [0.3, 0.4) is 0 Å². The van der Waals surface area contributed by atoms with Crippen molar-refractivity contribution < 1.29 is 38.5 Å². The van der Waals surface area contributed by atoms with Gasteiger partial charge in [-0.2, -0.15) is 0 Å². The van der Waals surface area contributed by atoms with E-state index in [0.717, 1.165) is 27.0 Å². The summed E-state index contributed by atoms with van der Waals surface area (Å²) in [6.07, 6.45) is -1.36. The van der Waals surface area contributed by atoms with Crippen LogP contribution in [0.2, 0.25) is 0 Å². The summed E-state index contributed by atoms with van der Waals surface area (Å²) in [5.74, 6) is 0. The molecule has 4 heterocycles. The molecule has 0 spiro atoms. The molecule has 1 fully saturated rings. The minimum atomic E-state index is -2.86. The molecule has 5 unspecified atom stereocenters. The van der Waals surface area contributed by atoms with Crippen molar-refractivity contribution in [2.45, 2.75) is 44.9 Å². The number of ether oxygens (including phenoxy) is 1. The lowest BCUT2D eigenvalue weighted by Crippen LogP contribution is -2.43. The normalized spacial score (nSPS) is 21.7. The molecule has 0 radical (unpaired) electrons. The van der Waals surface area contributed by atoms with E-state index in [0.29, 0.717) is 11.4 Å². The molecule has 0 aliphatic carbocycles. The first-order valence-electron chi connectivity index (χ1n) is 11.4. The average Bonchev–Trinajstić information content (AvgIpc) is 3.20. The summed E-state index contributed by atoms with van der Waals surface area (Å²) in [6.45, 7) is 3.34. The fourth-order valence-electron chi connectivity index (χ4n) is 3.61. The van der Waals surface area contributed by atoms with Crippen molar-refractivity contribution in [1.82, 2.24) is 19.1 Å². The van der Waals surface area contributed by atoms with Crippen LogP contribution in [-0.4, -0.2) is 68.9 Å². The quantitative estimate of drug-likeness (QED) is 0.225. The third-order valence-electron chi connectivity index (χ3n) is 5.30. The lowest BCUT2D eigenvalue weighted by molar-refractivity contribution is -0.0530. The third-order valence-corrected chi connectivity index (χ3v) is 6.81. The van der Waals surface area contributed by atoms with Crippen molar-refractivity contribution in [2.75, 3.05) is 6.61 Å². The first-order valence-corrected chi connectivity index (χ1v) is 13.7. The predicted octanol–water partition coefficient (Wildman–Crippen LogP) is 0.625. The lowest BCUT2D eigenvalue weighted by atomic mass is 10.1. The second-order valence-corrected chi connectivity index (χ2v) is 9.49. The first-order chi connectivity index (χ1) is 18.2. The summed E-state index contributed by atoms with van der Waals surface area (Å²) in [5.41, 5.74) is 0.424. The third kappa shape index (κ3) is 7.33. The van der Waals surface area contributed by atoms with E-state index in [2.05, 4.69) is 14.3 Å². The Labute approximate surface area is 219 Å². The maximum atomic E-state index is 13.2. The highest BCUT2D eigenvalue weighted by molar-refractivity contribution is 7.54. The van der Waals surface area contributed by atoms with Gasteiger partial charge in [0.25, 0.3) is 5.56 Å². The molecule has 1 aliphatic rings. The van der Waals surface area contributed by atoms with Crippen molar-refractivity contribution in [1.29, 1.82) is 0 Å².